The summed E-state index contributed by atoms with van der Waals surface area (Å²) >= 11 is 0. The van der Waals surface area contributed by atoms with Crippen LogP contribution < -0.4 is 15.5 Å². The number of nitro benzene ring substituents is 2. The molecule has 1 saturated heterocycles. The Hall–Kier alpha value is -3.92. The third-order valence-electron chi connectivity index (χ3n) is 5.48. The Morgan fingerprint density at radius 3 is 1.65 bits per heavy atom. The smallest absolute Gasteiger partial charge is 0.380 e. The van der Waals surface area contributed by atoms with Crippen LogP contribution in [0.25, 0.3) is 0 Å². The number of nitrogens with one attached hydrogen (secondary N) is 2. The van der Waals surface area contributed by atoms with E-state index in [-0.39, 0.29) is 25.9 Å². The average Bonchev–Trinajstić information content (AvgIpc) is 2.82. The van der Waals surface area contributed by atoms with Gasteiger partial charge in [-0.3, -0.25) is 20.2 Å². The highest BCUT2D eigenvalue weighted by Gasteiger charge is 2.42. The SMILES string of the molecule is CNc1c([N+](=O)[O-])cc(F)c(F)c1F.CNc1c([N+](=O)[O-])cc(F)c(N2CCC(C(F)(F)F)CC2)c1F. The number of anilines is 3. The van der Waals surface area contributed by atoms with Crippen molar-refractivity contribution in [2.45, 2.75) is 19.0 Å². The molecule has 3 rings (SSSR count). The highest BCUT2D eigenvalue weighted by molar-refractivity contribution is 5.71. The van der Waals surface area contributed by atoms with Crippen molar-refractivity contribution in [2.24, 2.45) is 5.92 Å². The molecule has 17 heteroatoms. The molecule has 9 nitrogen and oxygen atoms in total. The van der Waals surface area contributed by atoms with Crippen LogP contribution in [0.1, 0.15) is 12.8 Å². The molecule has 37 heavy (non-hydrogen) atoms. The van der Waals surface area contributed by atoms with E-state index in [0.717, 1.165) is 4.90 Å². The molecule has 1 aliphatic rings. The Morgan fingerprint density at radius 1 is 0.811 bits per heavy atom. The molecule has 1 fully saturated rings. The number of nitro groups is 2. The zero-order valence-corrected chi connectivity index (χ0v) is 19.1. The van der Waals surface area contributed by atoms with Crippen molar-refractivity contribution in [1.29, 1.82) is 0 Å². The summed E-state index contributed by atoms with van der Waals surface area (Å²) in [6, 6.07) is 0.893. The topological polar surface area (TPSA) is 114 Å². The van der Waals surface area contributed by atoms with Gasteiger partial charge in [0.05, 0.1) is 27.9 Å². The molecule has 2 aromatic carbocycles. The normalized spacial score (nSPS) is 14.1. The predicted molar refractivity (Wildman–Crippen MR) is 116 cm³/mol. The van der Waals surface area contributed by atoms with E-state index in [4.69, 9.17) is 0 Å². The number of nitrogens with zero attached hydrogens (tertiary/aromatic N) is 3. The van der Waals surface area contributed by atoms with Gasteiger partial charge in [0, 0.05) is 27.2 Å². The number of piperidine rings is 1. The zero-order chi connectivity index (χ0) is 28.2. The lowest BCUT2D eigenvalue weighted by molar-refractivity contribution is -0.384. The molecule has 0 unspecified atom stereocenters. The minimum Gasteiger partial charge on any atom is -0.380 e. The van der Waals surface area contributed by atoms with Crippen LogP contribution in [-0.2, 0) is 0 Å². The van der Waals surface area contributed by atoms with Gasteiger partial charge in [-0.1, -0.05) is 0 Å². The van der Waals surface area contributed by atoms with Crippen molar-refractivity contribution in [3.63, 3.8) is 0 Å². The molecule has 0 spiro atoms. The predicted octanol–water partition coefficient (Wildman–Crippen LogP) is 5.75. The highest BCUT2D eigenvalue weighted by Crippen LogP contribution is 2.40. The van der Waals surface area contributed by atoms with Gasteiger partial charge in [-0.15, -0.1) is 0 Å². The Kier molecular flexibility index (Phi) is 9.05. The number of alkyl halides is 3. The van der Waals surface area contributed by atoms with Gasteiger partial charge >= 0.3 is 6.18 Å². The largest absolute Gasteiger partial charge is 0.391 e. The van der Waals surface area contributed by atoms with E-state index < -0.39 is 79.5 Å². The maximum atomic E-state index is 14.4. The summed E-state index contributed by atoms with van der Waals surface area (Å²) in [5.41, 5.74) is -3.32. The summed E-state index contributed by atoms with van der Waals surface area (Å²) in [4.78, 5) is 20.3. The van der Waals surface area contributed by atoms with Crippen LogP contribution in [0.15, 0.2) is 12.1 Å². The van der Waals surface area contributed by atoms with Gasteiger partial charge in [0.1, 0.15) is 5.69 Å². The van der Waals surface area contributed by atoms with E-state index in [0.29, 0.717) is 12.1 Å². The zero-order valence-electron chi connectivity index (χ0n) is 19.1. The fourth-order valence-corrected chi connectivity index (χ4v) is 3.66. The molecular weight excluding hydrogens is 526 g/mol. The lowest BCUT2D eigenvalue weighted by Crippen LogP contribution is -2.39. The number of rotatable bonds is 5. The fourth-order valence-electron chi connectivity index (χ4n) is 3.66. The monoisotopic (exact) mass is 545 g/mol. The first-order valence-electron chi connectivity index (χ1n) is 10.3. The number of benzene rings is 2. The van der Waals surface area contributed by atoms with Crippen LogP contribution in [0, 0.1) is 55.2 Å². The van der Waals surface area contributed by atoms with Crippen molar-refractivity contribution in [3.05, 3.63) is 61.4 Å². The van der Waals surface area contributed by atoms with Crippen molar-refractivity contribution in [2.75, 3.05) is 42.7 Å². The van der Waals surface area contributed by atoms with E-state index in [1.54, 1.807) is 0 Å². The highest BCUT2D eigenvalue weighted by atomic mass is 19.4. The van der Waals surface area contributed by atoms with E-state index in [1.807, 2.05) is 0 Å². The summed E-state index contributed by atoms with van der Waals surface area (Å²) in [6.07, 6.45) is -4.91. The van der Waals surface area contributed by atoms with Crippen LogP contribution in [0.4, 0.5) is 63.6 Å². The van der Waals surface area contributed by atoms with Crippen LogP contribution in [0.5, 0.6) is 0 Å². The van der Waals surface area contributed by atoms with E-state index in [9.17, 15) is 55.4 Å². The molecule has 0 aliphatic carbocycles. The van der Waals surface area contributed by atoms with Crippen LogP contribution in [0.3, 0.4) is 0 Å². The van der Waals surface area contributed by atoms with Gasteiger partial charge in [-0.05, 0) is 12.8 Å². The Bertz CT molecular complexity index is 1190. The Balaban J connectivity index is 0.000000294. The molecule has 0 atom stereocenters. The van der Waals surface area contributed by atoms with Crippen molar-refractivity contribution in [3.8, 4) is 0 Å². The molecule has 0 radical (unpaired) electrons. The summed E-state index contributed by atoms with van der Waals surface area (Å²) in [5, 5.41) is 25.5. The maximum Gasteiger partial charge on any atom is 0.391 e. The number of hydrogen-bond acceptors (Lipinski definition) is 7. The summed E-state index contributed by atoms with van der Waals surface area (Å²) in [5.74, 6) is -8.78. The quantitative estimate of drug-likeness (QED) is 0.213. The van der Waals surface area contributed by atoms with Gasteiger partial charge in [-0.2, -0.15) is 13.2 Å². The molecule has 204 valence electrons. The second kappa shape index (κ2) is 11.4. The average molecular weight is 545 g/mol. The molecular formula is C20H19F8N5O4. The molecule has 2 aromatic rings. The first-order chi connectivity index (χ1) is 17.1. The van der Waals surface area contributed by atoms with Gasteiger partial charge < -0.3 is 15.5 Å². The van der Waals surface area contributed by atoms with E-state index in [1.165, 1.54) is 14.1 Å². The first-order valence-corrected chi connectivity index (χ1v) is 10.3. The third kappa shape index (κ3) is 6.26. The van der Waals surface area contributed by atoms with Gasteiger partial charge in [0.15, 0.2) is 40.5 Å². The van der Waals surface area contributed by atoms with Crippen molar-refractivity contribution < 1.29 is 45.0 Å². The number of hydrogen-bond donors (Lipinski definition) is 2. The first kappa shape index (κ1) is 29.3. The molecule has 0 saturated carbocycles. The standard InChI is InChI=1S/C13H14F5N3O2.C7H5F3N2O2/c1-19-11-9(21(22)23)6-8(14)12(10(11)15)20-4-2-7(3-5-20)13(16,17)18;1-11-7-4(12(13)14)2-3(8)5(9)6(7)10/h6-7,19H,2-5H2,1H3;2,11H,1H3. The number of halogens is 8. The molecule has 0 bridgehead atoms. The summed E-state index contributed by atoms with van der Waals surface area (Å²) < 4.78 is 104. The Morgan fingerprint density at radius 2 is 1.24 bits per heavy atom. The minimum absolute atomic E-state index is 0.182. The van der Waals surface area contributed by atoms with E-state index >= 15 is 0 Å². The van der Waals surface area contributed by atoms with E-state index in [2.05, 4.69) is 10.6 Å². The summed E-state index contributed by atoms with van der Waals surface area (Å²) in [6.45, 7) is -0.363. The van der Waals surface area contributed by atoms with Gasteiger partial charge in [0.25, 0.3) is 11.4 Å². The second-order valence-electron chi connectivity index (χ2n) is 7.61. The van der Waals surface area contributed by atoms with Crippen molar-refractivity contribution in [1.82, 2.24) is 0 Å². The molecule has 0 aromatic heterocycles. The summed E-state index contributed by atoms with van der Waals surface area (Å²) in [7, 11) is 2.41. The van der Waals surface area contributed by atoms with Crippen LogP contribution in [-0.4, -0.2) is 43.2 Å². The lowest BCUT2D eigenvalue weighted by Gasteiger charge is -2.34. The van der Waals surface area contributed by atoms with Gasteiger partial charge in [-0.25, -0.2) is 22.0 Å². The molecule has 1 heterocycles. The Labute approximate surface area is 203 Å². The molecule has 1 aliphatic heterocycles. The third-order valence-corrected chi connectivity index (χ3v) is 5.48. The lowest BCUT2D eigenvalue weighted by atomic mass is 9.95. The van der Waals surface area contributed by atoms with Crippen molar-refractivity contribution >= 4 is 28.4 Å². The maximum absolute atomic E-state index is 14.4. The van der Waals surface area contributed by atoms with Crippen LogP contribution in [0.2, 0.25) is 0 Å². The fraction of sp³-hybridized carbons (Fsp3) is 0.400. The second-order valence-corrected chi connectivity index (χ2v) is 7.61. The molecule has 2 N–H and O–H groups in total. The van der Waals surface area contributed by atoms with Crippen LogP contribution >= 0.6 is 0 Å². The minimum atomic E-state index is -4.34. The van der Waals surface area contributed by atoms with Gasteiger partial charge in [0.2, 0.25) is 0 Å². The molecule has 0 amide bonds.